The fourth-order valence-corrected chi connectivity index (χ4v) is 0.824. The average Bonchev–Trinajstić information content (AvgIpc) is 2.18. The molecular formula is C8H8N2O3. The molecule has 0 aliphatic heterocycles. The first-order chi connectivity index (χ1) is 6.27. The summed E-state index contributed by atoms with van der Waals surface area (Å²) in [7, 11) is 1.29. The van der Waals surface area contributed by atoms with Gasteiger partial charge in [-0.25, -0.2) is 4.79 Å². The van der Waals surface area contributed by atoms with E-state index in [2.05, 4.69) is 14.9 Å². The minimum atomic E-state index is -0.472. The highest BCUT2D eigenvalue weighted by Gasteiger charge is 2.04. The number of hydrogen-bond acceptors (Lipinski definition) is 5. The van der Waals surface area contributed by atoms with Crippen molar-refractivity contribution in [3.63, 3.8) is 0 Å². The first kappa shape index (κ1) is 9.18. The largest absolute Gasteiger partial charge is 0.465 e. The number of oxime groups is 1. The third-order valence-corrected chi connectivity index (χ3v) is 1.39. The van der Waals surface area contributed by atoms with E-state index < -0.39 is 5.97 Å². The van der Waals surface area contributed by atoms with Crippen LogP contribution < -0.4 is 0 Å². The van der Waals surface area contributed by atoms with Gasteiger partial charge in [0, 0.05) is 18.0 Å². The van der Waals surface area contributed by atoms with Crippen LogP contribution in [-0.2, 0) is 4.74 Å². The first-order valence-corrected chi connectivity index (χ1v) is 3.48. The van der Waals surface area contributed by atoms with Gasteiger partial charge in [-0.1, -0.05) is 5.16 Å². The molecule has 0 unspecified atom stereocenters. The zero-order valence-corrected chi connectivity index (χ0v) is 6.97. The van der Waals surface area contributed by atoms with Crippen LogP contribution in [0.5, 0.6) is 0 Å². The molecular weight excluding hydrogens is 172 g/mol. The quantitative estimate of drug-likeness (QED) is 0.314. The number of carbonyl (C=O) groups excluding carboxylic acids is 1. The summed E-state index contributed by atoms with van der Waals surface area (Å²) >= 11 is 0. The van der Waals surface area contributed by atoms with Gasteiger partial charge in [0.1, 0.15) is 0 Å². The van der Waals surface area contributed by atoms with Crippen molar-refractivity contribution in [2.75, 3.05) is 7.11 Å². The van der Waals surface area contributed by atoms with E-state index in [1.807, 2.05) is 0 Å². The number of nitrogens with zero attached hydrogens (tertiary/aromatic N) is 2. The van der Waals surface area contributed by atoms with Crippen LogP contribution in [-0.4, -0.2) is 29.5 Å². The Morgan fingerprint density at radius 3 is 3.08 bits per heavy atom. The van der Waals surface area contributed by atoms with Crippen LogP contribution in [0.15, 0.2) is 23.6 Å². The smallest absolute Gasteiger partial charge is 0.339 e. The van der Waals surface area contributed by atoms with Gasteiger partial charge < -0.3 is 9.94 Å². The molecule has 5 heteroatoms. The molecule has 0 fully saturated rings. The molecule has 13 heavy (non-hydrogen) atoms. The first-order valence-electron chi connectivity index (χ1n) is 3.48. The molecule has 0 radical (unpaired) electrons. The lowest BCUT2D eigenvalue weighted by Gasteiger charge is -1.98. The molecule has 1 aromatic rings. The second-order valence-electron chi connectivity index (χ2n) is 2.24. The maximum absolute atomic E-state index is 11.0. The van der Waals surface area contributed by atoms with Gasteiger partial charge in [-0.2, -0.15) is 0 Å². The van der Waals surface area contributed by atoms with Crippen LogP contribution in [0.3, 0.4) is 0 Å². The summed E-state index contributed by atoms with van der Waals surface area (Å²) in [6, 6.07) is 1.51. The van der Waals surface area contributed by atoms with Gasteiger partial charge in [-0.3, -0.25) is 4.98 Å². The van der Waals surface area contributed by atoms with Gasteiger partial charge in [0.05, 0.1) is 18.9 Å². The Kier molecular flexibility index (Phi) is 2.97. The lowest BCUT2D eigenvalue weighted by atomic mass is 10.2. The average molecular weight is 180 g/mol. The van der Waals surface area contributed by atoms with E-state index in [-0.39, 0.29) is 0 Å². The second kappa shape index (κ2) is 4.20. The van der Waals surface area contributed by atoms with Crippen LogP contribution >= 0.6 is 0 Å². The Hall–Kier alpha value is -1.91. The molecule has 0 aliphatic carbocycles. The molecule has 0 saturated heterocycles. The van der Waals surface area contributed by atoms with E-state index in [0.29, 0.717) is 11.1 Å². The van der Waals surface area contributed by atoms with Gasteiger partial charge in [0.15, 0.2) is 0 Å². The van der Waals surface area contributed by atoms with Crippen molar-refractivity contribution in [3.8, 4) is 0 Å². The summed E-state index contributed by atoms with van der Waals surface area (Å²) in [4.78, 5) is 14.8. The minimum Gasteiger partial charge on any atom is -0.465 e. The van der Waals surface area contributed by atoms with Crippen LogP contribution in [0, 0.1) is 0 Å². The summed E-state index contributed by atoms with van der Waals surface area (Å²) in [6.45, 7) is 0. The molecule has 68 valence electrons. The van der Waals surface area contributed by atoms with E-state index in [0.717, 1.165) is 0 Å². The number of methoxy groups -OCH3 is 1. The molecule has 0 atom stereocenters. The highest BCUT2D eigenvalue weighted by atomic mass is 16.5. The van der Waals surface area contributed by atoms with E-state index in [9.17, 15) is 4.79 Å². The molecule has 0 spiro atoms. The third kappa shape index (κ3) is 2.26. The maximum atomic E-state index is 11.0. The van der Waals surface area contributed by atoms with Crippen molar-refractivity contribution in [1.29, 1.82) is 0 Å². The zero-order chi connectivity index (χ0) is 9.68. The van der Waals surface area contributed by atoms with Crippen molar-refractivity contribution < 1.29 is 14.7 Å². The van der Waals surface area contributed by atoms with Crippen molar-refractivity contribution in [2.45, 2.75) is 0 Å². The fraction of sp³-hybridized carbons (Fsp3) is 0.125. The normalized spacial score (nSPS) is 10.2. The number of ether oxygens (including phenoxy) is 1. The minimum absolute atomic E-state index is 0.319. The summed E-state index contributed by atoms with van der Waals surface area (Å²) in [6.07, 6.45) is 4.02. The maximum Gasteiger partial charge on any atom is 0.339 e. The van der Waals surface area contributed by atoms with Crippen LogP contribution in [0.2, 0.25) is 0 Å². The highest BCUT2D eigenvalue weighted by molar-refractivity contribution is 5.91. The van der Waals surface area contributed by atoms with Gasteiger partial charge in [0.2, 0.25) is 0 Å². The monoisotopic (exact) mass is 180 g/mol. The second-order valence-corrected chi connectivity index (χ2v) is 2.24. The molecule has 0 aliphatic rings. The molecule has 1 heterocycles. The van der Waals surface area contributed by atoms with Gasteiger partial charge in [-0.05, 0) is 6.07 Å². The highest BCUT2D eigenvalue weighted by Crippen LogP contribution is 2.01. The van der Waals surface area contributed by atoms with Crippen LogP contribution in [0.25, 0.3) is 0 Å². The molecule has 0 saturated carbocycles. The molecule has 1 rings (SSSR count). The van der Waals surface area contributed by atoms with Crippen molar-refractivity contribution in [3.05, 3.63) is 29.6 Å². The van der Waals surface area contributed by atoms with Gasteiger partial charge in [-0.15, -0.1) is 0 Å². The predicted octanol–water partition coefficient (Wildman–Crippen LogP) is 0.676. The van der Waals surface area contributed by atoms with Gasteiger partial charge >= 0.3 is 5.97 Å². The number of carbonyl (C=O) groups is 1. The summed E-state index contributed by atoms with van der Waals surface area (Å²) in [5.74, 6) is -0.472. The van der Waals surface area contributed by atoms with E-state index in [4.69, 9.17) is 5.21 Å². The van der Waals surface area contributed by atoms with Gasteiger partial charge in [0.25, 0.3) is 0 Å². The number of rotatable bonds is 2. The molecule has 1 N–H and O–H groups in total. The van der Waals surface area contributed by atoms with E-state index in [1.165, 1.54) is 31.8 Å². The topological polar surface area (TPSA) is 71.8 Å². The van der Waals surface area contributed by atoms with Crippen molar-refractivity contribution in [2.24, 2.45) is 5.16 Å². The Morgan fingerprint density at radius 2 is 2.46 bits per heavy atom. The van der Waals surface area contributed by atoms with Crippen molar-refractivity contribution in [1.82, 2.24) is 4.98 Å². The number of aromatic nitrogens is 1. The van der Waals surface area contributed by atoms with E-state index >= 15 is 0 Å². The molecule has 0 amide bonds. The fourth-order valence-electron chi connectivity index (χ4n) is 0.824. The number of hydrogen-bond donors (Lipinski definition) is 1. The molecule has 5 nitrogen and oxygen atoms in total. The summed E-state index contributed by atoms with van der Waals surface area (Å²) in [5, 5.41) is 11.0. The summed E-state index contributed by atoms with van der Waals surface area (Å²) in [5.41, 5.74) is 0.852. The van der Waals surface area contributed by atoms with E-state index in [1.54, 1.807) is 0 Å². The lowest BCUT2D eigenvalue weighted by Crippen LogP contribution is -2.02. The van der Waals surface area contributed by atoms with Crippen LogP contribution in [0.4, 0.5) is 0 Å². The standard InChI is InChI=1S/C8H8N2O3/c1-13-8(11)7-2-6(4-10-12)3-9-5-7/h2-5,12H,1H3. The molecule has 1 aromatic heterocycles. The Balaban J connectivity index is 2.98. The molecule has 0 aromatic carbocycles. The summed E-state index contributed by atoms with van der Waals surface area (Å²) < 4.78 is 4.48. The predicted molar refractivity (Wildman–Crippen MR) is 45.0 cm³/mol. The number of pyridine rings is 1. The van der Waals surface area contributed by atoms with Crippen LogP contribution in [0.1, 0.15) is 15.9 Å². The number of esters is 1. The molecule has 0 bridgehead atoms. The SMILES string of the molecule is COC(=O)c1cncc(C=NO)c1. The third-order valence-electron chi connectivity index (χ3n) is 1.39. The Labute approximate surface area is 74.7 Å². The Morgan fingerprint density at radius 1 is 1.69 bits per heavy atom. The zero-order valence-electron chi connectivity index (χ0n) is 6.97. The van der Waals surface area contributed by atoms with Crippen molar-refractivity contribution >= 4 is 12.2 Å². The lowest BCUT2D eigenvalue weighted by molar-refractivity contribution is 0.0600. The Bertz CT molecular complexity index is 336.